The number of carbonyl (C=O) groups excluding carboxylic acids is 3. The summed E-state index contributed by atoms with van der Waals surface area (Å²) in [6, 6.07) is 6.58. The topological polar surface area (TPSA) is 75.7 Å². The molecule has 1 aromatic carbocycles. The van der Waals surface area contributed by atoms with Gasteiger partial charge in [0.15, 0.2) is 6.61 Å². The molecule has 2 saturated heterocycles. The van der Waals surface area contributed by atoms with E-state index in [4.69, 9.17) is 16.3 Å². The molecule has 1 N–H and O–H groups in total. The van der Waals surface area contributed by atoms with Crippen LogP contribution in [0.4, 0.5) is 0 Å². The first-order chi connectivity index (χ1) is 11.9. The van der Waals surface area contributed by atoms with Gasteiger partial charge in [0.2, 0.25) is 5.91 Å². The number of hydrogen-bond acceptors (Lipinski definition) is 5. The van der Waals surface area contributed by atoms with Crippen molar-refractivity contribution in [3.05, 3.63) is 34.9 Å². The molecule has 2 atom stereocenters. The molecule has 2 aliphatic rings. The van der Waals surface area contributed by atoms with Crippen LogP contribution in [0.15, 0.2) is 24.3 Å². The number of ether oxygens (including phenoxy) is 1. The Kier molecular flexibility index (Phi) is 5.24. The lowest BCUT2D eigenvalue weighted by molar-refractivity contribution is -0.156. The Hall–Kier alpha value is -1.73. The second kappa shape index (κ2) is 7.25. The van der Waals surface area contributed by atoms with E-state index in [0.717, 1.165) is 12.0 Å². The first-order valence-electron chi connectivity index (χ1n) is 8.03. The lowest BCUT2D eigenvalue weighted by Gasteiger charge is -2.29. The van der Waals surface area contributed by atoms with E-state index in [0.29, 0.717) is 17.2 Å². The Morgan fingerprint density at radius 3 is 2.96 bits per heavy atom. The Bertz CT molecular complexity index is 714. The van der Waals surface area contributed by atoms with Crippen molar-refractivity contribution in [2.75, 3.05) is 12.4 Å². The molecule has 3 rings (SSSR count). The van der Waals surface area contributed by atoms with Gasteiger partial charge in [-0.3, -0.25) is 9.59 Å². The SMILES string of the molecule is C[C@]12CCC(=O)N1[C@H](C(=O)OCC(=O)NCc1ccccc1Cl)CS2. The third kappa shape index (κ3) is 3.77. The molecule has 2 fully saturated rings. The van der Waals surface area contributed by atoms with Crippen LogP contribution in [0.1, 0.15) is 25.3 Å². The summed E-state index contributed by atoms with van der Waals surface area (Å²) in [5.41, 5.74) is 0.787. The first-order valence-corrected chi connectivity index (χ1v) is 9.40. The van der Waals surface area contributed by atoms with Gasteiger partial charge in [-0.05, 0) is 25.0 Å². The monoisotopic (exact) mass is 382 g/mol. The summed E-state index contributed by atoms with van der Waals surface area (Å²) in [7, 11) is 0. The average molecular weight is 383 g/mol. The quantitative estimate of drug-likeness (QED) is 0.788. The van der Waals surface area contributed by atoms with Crippen molar-refractivity contribution in [1.82, 2.24) is 10.2 Å². The molecule has 0 aliphatic carbocycles. The molecule has 0 bridgehead atoms. The molecule has 0 spiro atoms. The number of carbonyl (C=O) groups is 3. The van der Waals surface area contributed by atoms with Gasteiger partial charge in [0.1, 0.15) is 6.04 Å². The smallest absolute Gasteiger partial charge is 0.330 e. The van der Waals surface area contributed by atoms with E-state index in [9.17, 15) is 14.4 Å². The van der Waals surface area contributed by atoms with Gasteiger partial charge in [-0.2, -0.15) is 0 Å². The van der Waals surface area contributed by atoms with Gasteiger partial charge in [0.25, 0.3) is 5.91 Å². The highest BCUT2D eigenvalue weighted by Gasteiger charge is 2.53. The van der Waals surface area contributed by atoms with Crippen molar-refractivity contribution < 1.29 is 19.1 Å². The minimum absolute atomic E-state index is 0.0300. The largest absolute Gasteiger partial charge is 0.454 e. The van der Waals surface area contributed by atoms with Crippen molar-refractivity contribution in [2.45, 2.75) is 37.2 Å². The molecular formula is C17H19ClN2O4S. The van der Waals surface area contributed by atoms with E-state index in [1.807, 2.05) is 25.1 Å². The minimum Gasteiger partial charge on any atom is -0.454 e. The average Bonchev–Trinajstić information content (AvgIpc) is 3.08. The first kappa shape index (κ1) is 18.1. The van der Waals surface area contributed by atoms with E-state index in [2.05, 4.69) is 5.32 Å². The maximum absolute atomic E-state index is 12.3. The minimum atomic E-state index is -0.610. The number of hydrogen-bond donors (Lipinski definition) is 1. The van der Waals surface area contributed by atoms with Crippen molar-refractivity contribution in [3.8, 4) is 0 Å². The molecule has 25 heavy (non-hydrogen) atoms. The summed E-state index contributed by atoms with van der Waals surface area (Å²) < 4.78 is 5.12. The van der Waals surface area contributed by atoms with Crippen LogP contribution in [0.25, 0.3) is 0 Å². The van der Waals surface area contributed by atoms with Crippen molar-refractivity contribution in [2.24, 2.45) is 0 Å². The molecule has 2 amide bonds. The van der Waals surface area contributed by atoms with Gasteiger partial charge in [0, 0.05) is 23.7 Å². The maximum Gasteiger partial charge on any atom is 0.330 e. The molecule has 0 aromatic heterocycles. The van der Waals surface area contributed by atoms with E-state index in [-0.39, 0.29) is 23.9 Å². The summed E-state index contributed by atoms with van der Waals surface area (Å²) in [6.07, 6.45) is 1.18. The fraction of sp³-hybridized carbons (Fsp3) is 0.471. The van der Waals surface area contributed by atoms with Gasteiger partial charge >= 0.3 is 5.97 Å². The molecular weight excluding hydrogens is 364 g/mol. The zero-order valence-electron chi connectivity index (χ0n) is 13.8. The lowest BCUT2D eigenvalue weighted by atomic mass is 10.2. The third-order valence-corrected chi connectivity index (χ3v) is 6.37. The molecule has 0 saturated carbocycles. The van der Waals surface area contributed by atoms with Crippen LogP contribution in [-0.2, 0) is 25.7 Å². The number of esters is 1. The zero-order valence-corrected chi connectivity index (χ0v) is 15.4. The fourth-order valence-corrected chi connectivity index (χ4v) is 4.73. The van der Waals surface area contributed by atoms with Crippen LogP contribution in [-0.4, -0.2) is 46.0 Å². The molecule has 0 unspecified atom stereocenters. The predicted molar refractivity (Wildman–Crippen MR) is 95.0 cm³/mol. The summed E-state index contributed by atoms with van der Waals surface area (Å²) >= 11 is 7.61. The Morgan fingerprint density at radius 2 is 2.20 bits per heavy atom. The third-order valence-electron chi connectivity index (χ3n) is 4.50. The number of thioether (sulfide) groups is 1. The highest BCUT2D eigenvalue weighted by Crippen LogP contribution is 2.47. The normalized spacial score (nSPS) is 25.0. The molecule has 6 nitrogen and oxygen atoms in total. The van der Waals surface area contributed by atoms with Gasteiger partial charge < -0.3 is 15.0 Å². The van der Waals surface area contributed by atoms with Crippen molar-refractivity contribution in [3.63, 3.8) is 0 Å². The molecule has 8 heteroatoms. The highest BCUT2D eigenvalue weighted by molar-refractivity contribution is 8.01. The summed E-state index contributed by atoms with van der Waals surface area (Å²) in [5.74, 6) is -0.464. The molecule has 0 radical (unpaired) electrons. The van der Waals surface area contributed by atoms with Crippen molar-refractivity contribution in [1.29, 1.82) is 0 Å². The molecule has 1 aromatic rings. The summed E-state index contributed by atoms with van der Waals surface area (Å²) in [6.45, 7) is 1.85. The van der Waals surface area contributed by atoms with Gasteiger partial charge in [-0.15, -0.1) is 11.8 Å². The Balaban J connectivity index is 1.48. The van der Waals surface area contributed by atoms with Crippen LogP contribution < -0.4 is 5.32 Å². The van der Waals surface area contributed by atoms with E-state index in [1.54, 1.807) is 22.7 Å². The Labute approximate surface area is 155 Å². The van der Waals surface area contributed by atoms with Gasteiger partial charge in [-0.1, -0.05) is 29.8 Å². The van der Waals surface area contributed by atoms with Crippen LogP contribution in [0, 0.1) is 0 Å². The second-order valence-electron chi connectivity index (χ2n) is 6.24. The van der Waals surface area contributed by atoms with E-state index >= 15 is 0 Å². The molecule has 2 heterocycles. The van der Waals surface area contributed by atoms with Crippen LogP contribution in [0.2, 0.25) is 5.02 Å². The van der Waals surface area contributed by atoms with E-state index in [1.165, 1.54) is 0 Å². The van der Waals surface area contributed by atoms with Crippen LogP contribution in [0.5, 0.6) is 0 Å². The zero-order chi connectivity index (χ0) is 18.0. The standard InChI is InChI=1S/C17H19ClN2O4S/c1-17-7-6-15(22)20(17)13(10-25-17)16(23)24-9-14(21)19-8-11-4-2-3-5-12(11)18/h2-5,13H,6-10H2,1H3,(H,19,21)/t13-,17-/m0/s1. The number of amides is 2. The Morgan fingerprint density at radius 1 is 1.44 bits per heavy atom. The fourth-order valence-electron chi connectivity index (χ4n) is 3.11. The number of rotatable bonds is 5. The van der Waals surface area contributed by atoms with Gasteiger partial charge in [-0.25, -0.2) is 4.79 Å². The highest BCUT2D eigenvalue weighted by atomic mass is 35.5. The predicted octanol–water partition coefficient (Wildman–Crippen LogP) is 1.95. The lowest BCUT2D eigenvalue weighted by Crippen LogP contribution is -2.47. The number of halogens is 1. The van der Waals surface area contributed by atoms with Gasteiger partial charge in [0.05, 0.1) is 4.87 Å². The molecule has 134 valence electrons. The number of fused-ring (bicyclic) bond motifs is 1. The van der Waals surface area contributed by atoms with Crippen LogP contribution in [0.3, 0.4) is 0 Å². The second-order valence-corrected chi connectivity index (χ2v) is 8.15. The van der Waals surface area contributed by atoms with Crippen molar-refractivity contribution >= 4 is 41.1 Å². The summed E-state index contributed by atoms with van der Waals surface area (Å²) in [5, 5.41) is 3.23. The van der Waals surface area contributed by atoms with Crippen LogP contribution >= 0.6 is 23.4 Å². The summed E-state index contributed by atoms with van der Waals surface area (Å²) in [4.78, 5) is 37.5. The maximum atomic E-state index is 12.3. The number of nitrogens with zero attached hydrogens (tertiary/aromatic N) is 1. The number of benzene rings is 1. The van der Waals surface area contributed by atoms with E-state index < -0.39 is 17.9 Å². The number of nitrogens with one attached hydrogen (secondary N) is 1. The molecule has 2 aliphatic heterocycles.